The van der Waals surface area contributed by atoms with Crippen molar-refractivity contribution in [3.63, 3.8) is 0 Å². The van der Waals surface area contributed by atoms with Crippen LogP contribution in [0.25, 0.3) is 0 Å². The lowest BCUT2D eigenvalue weighted by Crippen LogP contribution is -2.40. The molecule has 0 saturated heterocycles. The van der Waals surface area contributed by atoms with Crippen LogP contribution in [0.2, 0.25) is 0 Å². The summed E-state index contributed by atoms with van der Waals surface area (Å²) in [4.78, 5) is 12.3. The van der Waals surface area contributed by atoms with Crippen LogP contribution < -0.4 is 5.32 Å². The highest BCUT2D eigenvalue weighted by Gasteiger charge is 2.26. The quantitative estimate of drug-likeness (QED) is 0.863. The third-order valence-corrected chi connectivity index (χ3v) is 4.87. The number of halogens is 1. The molecule has 1 aromatic carbocycles. The molecule has 0 heterocycles. The minimum absolute atomic E-state index is 0.0607. The first-order valence-corrected chi connectivity index (χ1v) is 7.83. The van der Waals surface area contributed by atoms with Crippen LogP contribution in [0, 0.1) is 18.8 Å². The third-order valence-electron chi connectivity index (χ3n) is 4.38. The van der Waals surface area contributed by atoms with E-state index in [9.17, 15) is 4.79 Å². The van der Waals surface area contributed by atoms with Crippen LogP contribution in [0.4, 0.5) is 0 Å². The maximum absolute atomic E-state index is 12.3. The second-order valence-electron chi connectivity index (χ2n) is 5.90. The van der Waals surface area contributed by atoms with Crippen LogP contribution in [0.15, 0.2) is 22.7 Å². The SMILES string of the molecule is Cc1ccc(Br)cc1C(=O)NC1CCC(C)C(C)C1. The van der Waals surface area contributed by atoms with Crippen molar-refractivity contribution in [2.24, 2.45) is 11.8 Å². The summed E-state index contributed by atoms with van der Waals surface area (Å²) in [5.74, 6) is 1.54. The van der Waals surface area contributed by atoms with E-state index < -0.39 is 0 Å². The number of benzene rings is 1. The predicted molar refractivity (Wildman–Crippen MR) is 82.3 cm³/mol. The molecule has 1 amide bonds. The average molecular weight is 324 g/mol. The number of nitrogens with one attached hydrogen (secondary N) is 1. The smallest absolute Gasteiger partial charge is 0.251 e. The van der Waals surface area contributed by atoms with Gasteiger partial charge in [0.25, 0.3) is 5.91 Å². The zero-order valence-corrected chi connectivity index (χ0v) is 13.5. The van der Waals surface area contributed by atoms with E-state index in [-0.39, 0.29) is 5.91 Å². The van der Waals surface area contributed by atoms with Crippen molar-refractivity contribution in [2.45, 2.75) is 46.1 Å². The molecule has 2 rings (SSSR count). The van der Waals surface area contributed by atoms with Crippen molar-refractivity contribution in [1.29, 1.82) is 0 Å². The molecular weight excluding hydrogens is 302 g/mol. The fraction of sp³-hybridized carbons (Fsp3) is 0.562. The summed E-state index contributed by atoms with van der Waals surface area (Å²) in [6.45, 7) is 6.57. The van der Waals surface area contributed by atoms with E-state index in [4.69, 9.17) is 0 Å². The van der Waals surface area contributed by atoms with Crippen LogP contribution in [0.3, 0.4) is 0 Å². The Morgan fingerprint density at radius 2 is 2.00 bits per heavy atom. The van der Waals surface area contributed by atoms with E-state index >= 15 is 0 Å². The molecule has 1 N–H and O–H groups in total. The number of aryl methyl sites for hydroxylation is 1. The molecule has 1 aliphatic rings. The van der Waals surface area contributed by atoms with E-state index in [2.05, 4.69) is 35.1 Å². The van der Waals surface area contributed by atoms with Gasteiger partial charge in [0.05, 0.1) is 0 Å². The molecule has 1 fully saturated rings. The highest BCUT2D eigenvalue weighted by molar-refractivity contribution is 9.10. The number of amides is 1. The topological polar surface area (TPSA) is 29.1 Å². The molecule has 2 nitrogen and oxygen atoms in total. The van der Waals surface area contributed by atoms with Gasteiger partial charge in [0.2, 0.25) is 0 Å². The maximum atomic E-state index is 12.3. The largest absolute Gasteiger partial charge is 0.349 e. The maximum Gasteiger partial charge on any atom is 0.251 e. The van der Waals surface area contributed by atoms with Gasteiger partial charge in [-0.3, -0.25) is 4.79 Å². The second kappa shape index (κ2) is 6.08. The normalized spacial score (nSPS) is 27.1. The zero-order valence-electron chi connectivity index (χ0n) is 11.9. The summed E-state index contributed by atoms with van der Waals surface area (Å²) < 4.78 is 0.953. The van der Waals surface area contributed by atoms with Gasteiger partial charge in [-0.1, -0.05) is 35.8 Å². The summed E-state index contributed by atoms with van der Waals surface area (Å²) in [7, 11) is 0. The highest BCUT2D eigenvalue weighted by atomic mass is 79.9. The molecule has 1 saturated carbocycles. The van der Waals surface area contributed by atoms with Crippen LogP contribution >= 0.6 is 15.9 Å². The molecule has 0 radical (unpaired) electrons. The molecule has 104 valence electrons. The third kappa shape index (κ3) is 3.59. The van der Waals surface area contributed by atoms with Gasteiger partial charge in [0.1, 0.15) is 0 Å². The van der Waals surface area contributed by atoms with Gasteiger partial charge >= 0.3 is 0 Å². The monoisotopic (exact) mass is 323 g/mol. The second-order valence-corrected chi connectivity index (χ2v) is 6.81. The average Bonchev–Trinajstić information content (AvgIpc) is 2.36. The molecule has 0 aliphatic heterocycles. The molecular formula is C16H22BrNO. The summed E-state index contributed by atoms with van der Waals surface area (Å²) in [5.41, 5.74) is 1.80. The fourth-order valence-electron chi connectivity index (χ4n) is 2.78. The van der Waals surface area contributed by atoms with Crippen LogP contribution in [0.1, 0.15) is 49.0 Å². The first kappa shape index (κ1) is 14.6. The van der Waals surface area contributed by atoms with Gasteiger partial charge in [0, 0.05) is 16.1 Å². The van der Waals surface area contributed by atoms with E-state index in [0.717, 1.165) is 34.4 Å². The van der Waals surface area contributed by atoms with Gasteiger partial charge in [0.15, 0.2) is 0 Å². The minimum atomic E-state index is 0.0607. The van der Waals surface area contributed by atoms with E-state index in [1.807, 2.05) is 25.1 Å². The van der Waals surface area contributed by atoms with Crippen LogP contribution in [0.5, 0.6) is 0 Å². The van der Waals surface area contributed by atoms with Crippen molar-refractivity contribution < 1.29 is 4.79 Å². The molecule has 1 aromatic rings. The van der Waals surface area contributed by atoms with E-state index in [1.165, 1.54) is 6.42 Å². The first-order valence-electron chi connectivity index (χ1n) is 7.04. The Balaban J connectivity index is 2.03. The van der Waals surface area contributed by atoms with E-state index in [0.29, 0.717) is 12.0 Å². The predicted octanol–water partition coefficient (Wildman–Crippen LogP) is 4.31. The highest BCUT2D eigenvalue weighted by Crippen LogP contribution is 2.29. The van der Waals surface area contributed by atoms with Crippen molar-refractivity contribution in [3.8, 4) is 0 Å². The van der Waals surface area contributed by atoms with Gasteiger partial charge in [-0.25, -0.2) is 0 Å². The Morgan fingerprint density at radius 1 is 1.26 bits per heavy atom. The summed E-state index contributed by atoms with van der Waals surface area (Å²) in [6.07, 6.45) is 3.41. The Labute approximate surface area is 124 Å². The molecule has 0 bridgehead atoms. The molecule has 19 heavy (non-hydrogen) atoms. The molecule has 0 spiro atoms. The Kier molecular flexibility index (Phi) is 4.67. The Hall–Kier alpha value is -0.830. The molecule has 3 heteroatoms. The van der Waals surface area contributed by atoms with Crippen molar-refractivity contribution >= 4 is 21.8 Å². The fourth-order valence-corrected chi connectivity index (χ4v) is 3.14. The lowest BCUT2D eigenvalue weighted by Gasteiger charge is -2.32. The summed E-state index contributed by atoms with van der Waals surface area (Å²) in [6, 6.07) is 6.18. The van der Waals surface area contributed by atoms with Gasteiger partial charge < -0.3 is 5.32 Å². The lowest BCUT2D eigenvalue weighted by molar-refractivity contribution is 0.0910. The Morgan fingerprint density at radius 3 is 2.68 bits per heavy atom. The van der Waals surface area contributed by atoms with Crippen molar-refractivity contribution in [1.82, 2.24) is 5.32 Å². The lowest BCUT2D eigenvalue weighted by atomic mass is 9.79. The number of hydrogen-bond acceptors (Lipinski definition) is 1. The van der Waals surface area contributed by atoms with Crippen LogP contribution in [-0.4, -0.2) is 11.9 Å². The molecule has 3 atom stereocenters. The van der Waals surface area contributed by atoms with Gasteiger partial charge in [-0.15, -0.1) is 0 Å². The standard InChI is InChI=1S/C16H22BrNO/c1-10-5-7-14(8-12(10)3)18-16(19)15-9-13(17)6-4-11(15)2/h4,6,9-10,12,14H,5,7-8H2,1-3H3,(H,18,19). The molecule has 0 aromatic heterocycles. The number of hydrogen-bond donors (Lipinski definition) is 1. The minimum Gasteiger partial charge on any atom is -0.349 e. The van der Waals surface area contributed by atoms with Crippen molar-refractivity contribution in [3.05, 3.63) is 33.8 Å². The van der Waals surface area contributed by atoms with Crippen LogP contribution in [-0.2, 0) is 0 Å². The summed E-state index contributed by atoms with van der Waals surface area (Å²) >= 11 is 3.43. The molecule has 3 unspecified atom stereocenters. The van der Waals surface area contributed by atoms with Crippen molar-refractivity contribution in [2.75, 3.05) is 0 Å². The number of carbonyl (C=O) groups excluding carboxylic acids is 1. The van der Waals surface area contributed by atoms with E-state index in [1.54, 1.807) is 0 Å². The first-order chi connectivity index (χ1) is 8.97. The van der Waals surface area contributed by atoms with Gasteiger partial charge in [-0.05, 0) is 55.7 Å². The zero-order chi connectivity index (χ0) is 14.0. The summed E-state index contributed by atoms with van der Waals surface area (Å²) in [5, 5.41) is 3.19. The van der Waals surface area contributed by atoms with Gasteiger partial charge in [-0.2, -0.15) is 0 Å². The molecule has 1 aliphatic carbocycles. The Bertz CT molecular complexity index is 472. The number of carbonyl (C=O) groups is 1. The number of rotatable bonds is 2.